The first kappa shape index (κ1) is 12.0. The number of nitrogens with zero attached hydrogens (tertiary/aromatic N) is 1. The SMILES string of the molecule is COCc1ccccc1N(C)C(=O)CCl. The molecule has 0 radical (unpaired) electrons. The van der Waals surface area contributed by atoms with Gasteiger partial charge in [-0.05, 0) is 6.07 Å². The minimum Gasteiger partial charge on any atom is -0.380 e. The number of carbonyl (C=O) groups is 1. The van der Waals surface area contributed by atoms with Gasteiger partial charge in [0, 0.05) is 25.4 Å². The van der Waals surface area contributed by atoms with Gasteiger partial charge in [-0.2, -0.15) is 0 Å². The number of methoxy groups -OCH3 is 1. The van der Waals surface area contributed by atoms with Crippen LogP contribution in [-0.2, 0) is 16.1 Å². The molecule has 0 unspecified atom stereocenters. The predicted octanol–water partition coefficient (Wildman–Crippen LogP) is 2.03. The van der Waals surface area contributed by atoms with Crippen LogP contribution in [0.4, 0.5) is 5.69 Å². The lowest BCUT2D eigenvalue weighted by Gasteiger charge is -2.19. The molecule has 82 valence electrons. The van der Waals surface area contributed by atoms with Crippen LogP contribution in [0, 0.1) is 0 Å². The van der Waals surface area contributed by atoms with E-state index in [-0.39, 0.29) is 11.8 Å². The Morgan fingerprint density at radius 3 is 2.73 bits per heavy atom. The van der Waals surface area contributed by atoms with Crippen molar-refractivity contribution in [2.75, 3.05) is 24.9 Å². The first-order chi connectivity index (χ1) is 7.20. The van der Waals surface area contributed by atoms with Crippen LogP contribution in [-0.4, -0.2) is 25.9 Å². The van der Waals surface area contributed by atoms with E-state index in [1.165, 1.54) is 0 Å². The van der Waals surface area contributed by atoms with Crippen molar-refractivity contribution in [2.45, 2.75) is 6.61 Å². The molecule has 0 heterocycles. The number of ether oxygens (including phenoxy) is 1. The Hall–Kier alpha value is -1.06. The fraction of sp³-hybridized carbons (Fsp3) is 0.364. The van der Waals surface area contributed by atoms with Gasteiger partial charge in [0.1, 0.15) is 5.88 Å². The van der Waals surface area contributed by atoms with Crippen LogP contribution in [0.15, 0.2) is 24.3 Å². The first-order valence-corrected chi connectivity index (χ1v) is 5.13. The van der Waals surface area contributed by atoms with Gasteiger partial charge < -0.3 is 9.64 Å². The van der Waals surface area contributed by atoms with Gasteiger partial charge in [-0.1, -0.05) is 18.2 Å². The van der Waals surface area contributed by atoms with E-state index in [1.807, 2.05) is 24.3 Å². The van der Waals surface area contributed by atoms with Gasteiger partial charge in [0.25, 0.3) is 0 Å². The lowest BCUT2D eigenvalue weighted by atomic mass is 10.1. The molecular weight excluding hydrogens is 214 g/mol. The van der Waals surface area contributed by atoms with Crippen LogP contribution < -0.4 is 4.90 Å². The van der Waals surface area contributed by atoms with Crippen molar-refractivity contribution in [3.63, 3.8) is 0 Å². The first-order valence-electron chi connectivity index (χ1n) is 4.60. The van der Waals surface area contributed by atoms with Crippen molar-refractivity contribution in [3.05, 3.63) is 29.8 Å². The van der Waals surface area contributed by atoms with Crippen LogP contribution in [0.5, 0.6) is 0 Å². The van der Waals surface area contributed by atoms with E-state index in [0.717, 1.165) is 11.3 Å². The van der Waals surface area contributed by atoms with Gasteiger partial charge in [-0.25, -0.2) is 0 Å². The van der Waals surface area contributed by atoms with E-state index < -0.39 is 0 Å². The molecule has 0 aliphatic carbocycles. The van der Waals surface area contributed by atoms with Crippen molar-refractivity contribution in [3.8, 4) is 0 Å². The molecule has 1 aromatic rings. The second-order valence-electron chi connectivity index (χ2n) is 3.15. The molecule has 0 saturated heterocycles. The van der Waals surface area contributed by atoms with Gasteiger partial charge in [0.05, 0.1) is 6.61 Å². The van der Waals surface area contributed by atoms with Crippen molar-refractivity contribution in [2.24, 2.45) is 0 Å². The minimum atomic E-state index is -0.125. The van der Waals surface area contributed by atoms with E-state index in [1.54, 1.807) is 19.1 Å². The third-order valence-corrected chi connectivity index (χ3v) is 2.37. The highest BCUT2D eigenvalue weighted by atomic mass is 35.5. The van der Waals surface area contributed by atoms with E-state index >= 15 is 0 Å². The zero-order valence-corrected chi connectivity index (χ0v) is 9.62. The molecule has 1 rings (SSSR count). The van der Waals surface area contributed by atoms with Gasteiger partial charge in [0.2, 0.25) is 5.91 Å². The molecule has 0 fully saturated rings. The Morgan fingerprint density at radius 1 is 1.47 bits per heavy atom. The molecule has 15 heavy (non-hydrogen) atoms. The summed E-state index contributed by atoms with van der Waals surface area (Å²) in [6, 6.07) is 7.60. The number of halogens is 1. The summed E-state index contributed by atoms with van der Waals surface area (Å²) in [5.41, 5.74) is 1.81. The van der Waals surface area contributed by atoms with Crippen LogP contribution >= 0.6 is 11.6 Å². The second-order valence-corrected chi connectivity index (χ2v) is 3.42. The normalized spacial score (nSPS) is 10.1. The number of benzene rings is 1. The Labute approximate surface area is 94.6 Å². The number of hydrogen-bond acceptors (Lipinski definition) is 2. The summed E-state index contributed by atoms with van der Waals surface area (Å²) in [6.45, 7) is 0.482. The number of para-hydroxylation sites is 1. The zero-order chi connectivity index (χ0) is 11.3. The molecule has 1 amide bonds. The third kappa shape index (κ3) is 2.94. The summed E-state index contributed by atoms with van der Waals surface area (Å²) in [6.07, 6.45) is 0. The molecule has 0 aliphatic heterocycles. The largest absolute Gasteiger partial charge is 0.380 e. The zero-order valence-electron chi connectivity index (χ0n) is 8.87. The summed E-state index contributed by atoms with van der Waals surface area (Å²) in [5.74, 6) is -0.141. The fourth-order valence-corrected chi connectivity index (χ4v) is 1.52. The maximum Gasteiger partial charge on any atom is 0.241 e. The number of alkyl halides is 1. The maximum absolute atomic E-state index is 11.4. The minimum absolute atomic E-state index is 0.0161. The number of rotatable bonds is 4. The highest BCUT2D eigenvalue weighted by Gasteiger charge is 2.12. The molecule has 3 nitrogen and oxygen atoms in total. The summed E-state index contributed by atoms with van der Waals surface area (Å²) >= 11 is 5.50. The van der Waals surface area contributed by atoms with Gasteiger partial charge >= 0.3 is 0 Å². The smallest absolute Gasteiger partial charge is 0.241 e. The van der Waals surface area contributed by atoms with E-state index in [9.17, 15) is 4.79 Å². The summed E-state index contributed by atoms with van der Waals surface area (Å²) in [5, 5.41) is 0. The molecule has 0 atom stereocenters. The highest BCUT2D eigenvalue weighted by Crippen LogP contribution is 2.20. The standard InChI is InChI=1S/C11H14ClNO2/c1-13(11(14)7-12)10-6-4-3-5-9(10)8-15-2/h3-6H,7-8H2,1-2H3. The number of anilines is 1. The van der Waals surface area contributed by atoms with Crippen molar-refractivity contribution >= 4 is 23.2 Å². The lowest BCUT2D eigenvalue weighted by Crippen LogP contribution is -2.28. The number of amides is 1. The highest BCUT2D eigenvalue weighted by molar-refractivity contribution is 6.29. The summed E-state index contributed by atoms with van der Waals surface area (Å²) < 4.78 is 5.06. The summed E-state index contributed by atoms with van der Waals surface area (Å²) in [4.78, 5) is 13.0. The molecule has 4 heteroatoms. The molecule has 0 bridgehead atoms. The molecule has 0 aromatic heterocycles. The van der Waals surface area contributed by atoms with Crippen molar-refractivity contribution < 1.29 is 9.53 Å². The number of hydrogen-bond donors (Lipinski definition) is 0. The Balaban J connectivity index is 2.96. The summed E-state index contributed by atoms with van der Waals surface area (Å²) in [7, 11) is 3.33. The maximum atomic E-state index is 11.4. The predicted molar refractivity (Wildman–Crippen MR) is 61.3 cm³/mol. The van der Waals surface area contributed by atoms with Crippen molar-refractivity contribution in [1.82, 2.24) is 0 Å². The van der Waals surface area contributed by atoms with E-state index in [2.05, 4.69) is 0 Å². The second kappa shape index (κ2) is 5.73. The Bertz CT molecular complexity index is 341. The number of carbonyl (C=O) groups excluding carboxylic acids is 1. The Kier molecular flexibility index (Phi) is 4.59. The van der Waals surface area contributed by atoms with E-state index in [4.69, 9.17) is 16.3 Å². The van der Waals surface area contributed by atoms with Gasteiger partial charge in [-0.3, -0.25) is 4.79 Å². The third-order valence-electron chi connectivity index (χ3n) is 2.14. The Morgan fingerprint density at radius 2 is 2.13 bits per heavy atom. The fourth-order valence-electron chi connectivity index (χ4n) is 1.34. The molecule has 1 aromatic carbocycles. The molecular formula is C11H14ClNO2. The molecule has 0 saturated carbocycles. The average molecular weight is 228 g/mol. The monoisotopic (exact) mass is 227 g/mol. The lowest BCUT2D eigenvalue weighted by molar-refractivity contribution is -0.116. The van der Waals surface area contributed by atoms with Crippen LogP contribution in [0.2, 0.25) is 0 Å². The average Bonchev–Trinajstić information content (AvgIpc) is 2.28. The van der Waals surface area contributed by atoms with Gasteiger partial charge in [0.15, 0.2) is 0 Å². The van der Waals surface area contributed by atoms with Crippen LogP contribution in [0.25, 0.3) is 0 Å². The topological polar surface area (TPSA) is 29.5 Å². The van der Waals surface area contributed by atoms with E-state index in [0.29, 0.717) is 6.61 Å². The van der Waals surface area contributed by atoms with Crippen molar-refractivity contribution in [1.29, 1.82) is 0 Å². The molecule has 0 aliphatic rings. The van der Waals surface area contributed by atoms with Crippen LogP contribution in [0.1, 0.15) is 5.56 Å². The van der Waals surface area contributed by atoms with Crippen LogP contribution in [0.3, 0.4) is 0 Å². The molecule has 0 N–H and O–H groups in total. The quantitative estimate of drug-likeness (QED) is 0.737. The van der Waals surface area contributed by atoms with Gasteiger partial charge in [-0.15, -0.1) is 11.6 Å². The molecule has 0 spiro atoms.